The summed E-state index contributed by atoms with van der Waals surface area (Å²) in [5.41, 5.74) is 2.24. The second kappa shape index (κ2) is 10.5. The van der Waals surface area contributed by atoms with E-state index in [4.69, 9.17) is 9.47 Å². The second-order valence-electron chi connectivity index (χ2n) is 6.34. The Hall–Kier alpha value is -1.81. The number of nitrogens with one attached hydrogen (secondary N) is 1. The van der Waals surface area contributed by atoms with Crippen molar-refractivity contribution >= 4 is 29.9 Å². The van der Waals surface area contributed by atoms with E-state index in [0.717, 1.165) is 35.9 Å². The molecule has 148 valence electrons. The molecule has 1 saturated heterocycles. The number of guanidine groups is 1. The van der Waals surface area contributed by atoms with Gasteiger partial charge in [0.05, 0.1) is 25.9 Å². The van der Waals surface area contributed by atoms with Crippen LogP contribution in [0.25, 0.3) is 0 Å². The third kappa shape index (κ3) is 5.83. The maximum atomic E-state index is 5.90. The van der Waals surface area contributed by atoms with Crippen LogP contribution >= 0.6 is 24.0 Å². The summed E-state index contributed by atoms with van der Waals surface area (Å²) in [6.07, 6.45) is 3.88. The molecule has 0 saturated carbocycles. The minimum atomic E-state index is 0. The number of halogens is 1. The van der Waals surface area contributed by atoms with E-state index in [2.05, 4.69) is 20.3 Å². The van der Waals surface area contributed by atoms with Gasteiger partial charge in [-0.2, -0.15) is 5.10 Å². The normalized spacial score (nSPS) is 17.4. The largest absolute Gasteiger partial charge is 0.491 e. The van der Waals surface area contributed by atoms with Crippen molar-refractivity contribution in [1.29, 1.82) is 0 Å². The molecule has 0 radical (unpaired) electrons. The lowest BCUT2D eigenvalue weighted by molar-refractivity contribution is -0.00805. The summed E-state index contributed by atoms with van der Waals surface area (Å²) in [6, 6.07) is 8.04. The van der Waals surface area contributed by atoms with Crippen molar-refractivity contribution in [2.75, 3.05) is 39.9 Å². The average Bonchev–Trinajstić information content (AvgIpc) is 3.10. The number of morpholine rings is 1. The van der Waals surface area contributed by atoms with Crippen LogP contribution in [0.5, 0.6) is 5.75 Å². The topological polar surface area (TPSA) is 63.9 Å². The molecule has 1 aromatic carbocycles. The zero-order valence-corrected chi connectivity index (χ0v) is 18.4. The van der Waals surface area contributed by atoms with E-state index in [1.807, 2.05) is 50.6 Å². The molecule has 3 rings (SSSR count). The molecule has 0 spiro atoms. The molecule has 0 aliphatic carbocycles. The van der Waals surface area contributed by atoms with Gasteiger partial charge in [0.25, 0.3) is 0 Å². The zero-order valence-electron chi connectivity index (χ0n) is 16.1. The fourth-order valence-corrected chi connectivity index (χ4v) is 3.02. The number of aryl methyl sites for hydroxylation is 2. The number of nitrogens with zero attached hydrogens (tertiary/aromatic N) is 4. The Morgan fingerprint density at radius 2 is 2.22 bits per heavy atom. The fraction of sp³-hybridized carbons (Fsp3) is 0.474. The van der Waals surface area contributed by atoms with Crippen LogP contribution in [0.1, 0.15) is 17.2 Å². The highest BCUT2D eigenvalue weighted by Gasteiger charge is 2.25. The Labute approximate surface area is 177 Å². The molecule has 1 N–H and O–H groups in total. The lowest BCUT2D eigenvalue weighted by Crippen LogP contribution is -2.48. The lowest BCUT2D eigenvalue weighted by atomic mass is 10.1. The molecule has 2 aromatic rings. The Morgan fingerprint density at radius 1 is 1.41 bits per heavy atom. The van der Waals surface area contributed by atoms with E-state index in [1.165, 1.54) is 0 Å². The first kappa shape index (κ1) is 21.5. The van der Waals surface area contributed by atoms with Gasteiger partial charge < -0.3 is 19.7 Å². The van der Waals surface area contributed by atoms with E-state index in [9.17, 15) is 0 Å². The SMILES string of the molecule is CN=C(NCCOc1ccccc1C)N1CCOC(c2cnn(C)c2)C1.I. The third-order valence-corrected chi connectivity index (χ3v) is 4.41. The number of hydrogen-bond donors (Lipinski definition) is 1. The van der Waals surface area contributed by atoms with Crippen LogP contribution in [-0.4, -0.2) is 60.5 Å². The Balaban J connectivity index is 0.00000261. The van der Waals surface area contributed by atoms with Gasteiger partial charge in [-0.05, 0) is 18.6 Å². The fourth-order valence-electron chi connectivity index (χ4n) is 3.02. The summed E-state index contributed by atoms with van der Waals surface area (Å²) >= 11 is 0. The quantitative estimate of drug-likeness (QED) is 0.305. The van der Waals surface area contributed by atoms with Crippen LogP contribution in [0.3, 0.4) is 0 Å². The number of para-hydroxylation sites is 1. The zero-order chi connectivity index (χ0) is 18.4. The van der Waals surface area contributed by atoms with Crippen molar-refractivity contribution < 1.29 is 9.47 Å². The molecule has 0 bridgehead atoms. The first-order valence-corrected chi connectivity index (χ1v) is 8.91. The molecule has 2 heterocycles. The Bertz CT molecular complexity index is 749. The van der Waals surface area contributed by atoms with E-state index in [-0.39, 0.29) is 30.1 Å². The van der Waals surface area contributed by atoms with Crippen molar-refractivity contribution in [2.45, 2.75) is 13.0 Å². The third-order valence-electron chi connectivity index (χ3n) is 4.41. The Kier molecular flexibility index (Phi) is 8.36. The van der Waals surface area contributed by atoms with Crippen LogP contribution in [0.2, 0.25) is 0 Å². The summed E-state index contributed by atoms with van der Waals surface area (Å²) < 4.78 is 13.5. The van der Waals surface area contributed by atoms with E-state index in [1.54, 1.807) is 11.7 Å². The van der Waals surface area contributed by atoms with Crippen LogP contribution in [0.15, 0.2) is 41.7 Å². The molecule has 7 nitrogen and oxygen atoms in total. The number of aromatic nitrogens is 2. The molecule has 27 heavy (non-hydrogen) atoms. The van der Waals surface area contributed by atoms with Crippen LogP contribution in [0, 0.1) is 6.92 Å². The van der Waals surface area contributed by atoms with Gasteiger partial charge in [0.2, 0.25) is 0 Å². The van der Waals surface area contributed by atoms with Crippen molar-refractivity contribution in [3.05, 3.63) is 47.8 Å². The maximum absolute atomic E-state index is 5.90. The van der Waals surface area contributed by atoms with Crippen molar-refractivity contribution in [3.63, 3.8) is 0 Å². The summed E-state index contributed by atoms with van der Waals surface area (Å²) in [7, 11) is 3.72. The summed E-state index contributed by atoms with van der Waals surface area (Å²) in [5.74, 6) is 1.79. The molecule has 1 atom stereocenters. The van der Waals surface area contributed by atoms with Crippen LogP contribution < -0.4 is 10.1 Å². The van der Waals surface area contributed by atoms with Gasteiger partial charge >= 0.3 is 0 Å². The van der Waals surface area contributed by atoms with Crippen LogP contribution in [0.4, 0.5) is 0 Å². The predicted octanol–water partition coefficient (Wildman–Crippen LogP) is 2.37. The number of rotatable bonds is 5. The number of aliphatic imine (C=N–C) groups is 1. The van der Waals surface area contributed by atoms with Gasteiger partial charge in [-0.15, -0.1) is 24.0 Å². The highest BCUT2D eigenvalue weighted by Crippen LogP contribution is 2.21. The second-order valence-corrected chi connectivity index (χ2v) is 6.34. The van der Waals surface area contributed by atoms with Crippen molar-refractivity contribution in [1.82, 2.24) is 20.0 Å². The van der Waals surface area contributed by atoms with E-state index in [0.29, 0.717) is 19.8 Å². The highest BCUT2D eigenvalue weighted by atomic mass is 127. The van der Waals surface area contributed by atoms with Crippen LogP contribution in [-0.2, 0) is 11.8 Å². The molecule has 0 amide bonds. The van der Waals surface area contributed by atoms with Gasteiger partial charge in [0, 0.05) is 32.4 Å². The number of hydrogen-bond acceptors (Lipinski definition) is 4. The minimum absolute atomic E-state index is 0. The smallest absolute Gasteiger partial charge is 0.193 e. The molecule has 1 unspecified atom stereocenters. The standard InChI is InChI=1S/C19H27N5O2.HI/c1-15-6-4-5-7-17(15)25-10-8-21-19(20-2)24-9-11-26-18(14-24)16-12-22-23(3)13-16;/h4-7,12-13,18H,8-11,14H2,1-3H3,(H,20,21);1H. The first-order chi connectivity index (χ1) is 12.7. The van der Waals surface area contributed by atoms with Gasteiger partial charge in [0.15, 0.2) is 5.96 Å². The molecular formula is C19H28IN5O2. The van der Waals surface area contributed by atoms with E-state index >= 15 is 0 Å². The highest BCUT2D eigenvalue weighted by molar-refractivity contribution is 14.0. The molecule has 1 aliphatic heterocycles. The molecule has 1 aromatic heterocycles. The van der Waals surface area contributed by atoms with Crippen molar-refractivity contribution in [2.24, 2.45) is 12.0 Å². The number of benzene rings is 1. The first-order valence-electron chi connectivity index (χ1n) is 8.91. The lowest BCUT2D eigenvalue weighted by Gasteiger charge is -2.34. The van der Waals surface area contributed by atoms with Gasteiger partial charge in [-0.3, -0.25) is 9.67 Å². The van der Waals surface area contributed by atoms with Crippen molar-refractivity contribution in [3.8, 4) is 5.75 Å². The Morgan fingerprint density at radius 3 is 2.93 bits per heavy atom. The maximum Gasteiger partial charge on any atom is 0.193 e. The molecule has 1 fully saturated rings. The van der Waals surface area contributed by atoms with Gasteiger partial charge in [-0.25, -0.2) is 0 Å². The molecule has 1 aliphatic rings. The summed E-state index contributed by atoms with van der Waals surface area (Å²) in [4.78, 5) is 6.62. The van der Waals surface area contributed by atoms with Gasteiger partial charge in [0.1, 0.15) is 18.5 Å². The summed E-state index contributed by atoms with van der Waals surface area (Å²) in [5, 5.41) is 7.61. The summed E-state index contributed by atoms with van der Waals surface area (Å²) in [6.45, 7) is 5.56. The molecular weight excluding hydrogens is 457 g/mol. The monoisotopic (exact) mass is 485 g/mol. The minimum Gasteiger partial charge on any atom is -0.491 e. The number of ether oxygens (including phenoxy) is 2. The van der Waals surface area contributed by atoms with E-state index < -0.39 is 0 Å². The predicted molar refractivity (Wildman–Crippen MR) is 117 cm³/mol. The molecule has 8 heteroatoms. The average molecular weight is 485 g/mol. The van der Waals surface area contributed by atoms with Gasteiger partial charge in [-0.1, -0.05) is 18.2 Å².